The summed E-state index contributed by atoms with van der Waals surface area (Å²) in [4.78, 5) is 0. The van der Waals surface area contributed by atoms with Crippen molar-refractivity contribution >= 4 is 21.5 Å². The highest BCUT2D eigenvalue weighted by atomic mass is 79.9. The third-order valence-electron chi connectivity index (χ3n) is 1.84. The molecule has 0 atom stereocenters. The maximum Gasteiger partial charge on any atom is 0.416 e. The van der Waals surface area contributed by atoms with Gasteiger partial charge in [0, 0.05) is 10.9 Å². The summed E-state index contributed by atoms with van der Waals surface area (Å²) in [6.07, 6.45) is -4.52. The number of benzene rings is 1. The van der Waals surface area contributed by atoms with Gasteiger partial charge in [-0.1, -0.05) is 28.6 Å². The molecule has 0 nitrogen and oxygen atoms in total. The van der Waals surface area contributed by atoms with E-state index in [9.17, 15) is 17.6 Å². The van der Waals surface area contributed by atoms with E-state index in [4.69, 9.17) is 0 Å². The van der Waals surface area contributed by atoms with Crippen molar-refractivity contribution in [1.29, 1.82) is 0 Å². The molecule has 0 unspecified atom stereocenters. The van der Waals surface area contributed by atoms with E-state index in [1.54, 1.807) is 0 Å². The van der Waals surface area contributed by atoms with Crippen molar-refractivity contribution in [2.24, 2.45) is 0 Å². The van der Waals surface area contributed by atoms with E-state index in [-0.39, 0.29) is 5.56 Å². The Morgan fingerprint density at radius 2 is 1.93 bits per heavy atom. The molecule has 0 heterocycles. The van der Waals surface area contributed by atoms with E-state index in [1.807, 2.05) is 0 Å². The zero-order valence-electron chi connectivity index (χ0n) is 7.54. The molecule has 0 saturated heterocycles. The summed E-state index contributed by atoms with van der Waals surface area (Å²) in [6.45, 7) is 3.53. The van der Waals surface area contributed by atoms with Crippen LogP contribution in [0, 0.1) is 5.82 Å². The third kappa shape index (κ3) is 2.81. The Balaban J connectivity index is 3.15. The van der Waals surface area contributed by atoms with Gasteiger partial charge in [0.05, 0.1) is 5.56 Å². The monoisotopic (exact) mass is 282 g/mol. The molecule has 82 valence electrons. The molecule has 0 aliphatic carbocycles. The van der Waals surface area contributed by atoms with Gasteiger partial charge < -0.3 is 0 Å². The standard InChI is InChI=1S/C10H7BrF4/c1-6(5-11)8-3-2-7(4-9(8)12)10(13,14)15/h2-4H,1,5H2. The highest BCUT2D eigenvalue weighted by Gasteiger charge is 2.31. The molecule has 0 aliphatic heterocycles. The molecule has 0 bridgehead atoms. The molecule has 0 fully saturated rings. The Morgan fingerprint density at radius 1 is 1.33 bits per heavy atom. The fraction of sp³-hybridized carbons (Fsp3) is 0.200. The predicted octanol–water partition coefficient (Wildman–Crippen LogP) is 4.25. The quantitative estimate of drug-likeness (QED) is 0.562. The molecule has 0 aromatic heterocycles. The van der Waals surface area contributed by atoms with Crippen LogP contribution in [0.1, 0.15) is 11.1 Å². The van der Waals surface area contributed by atoms with Crippen LogP contribution in [0.4, 0.5) is 17.6 Å². The average molecular weight is 283 g/mol. The molecule has 1 aromatic carbocycles. The first-order valence-corrected chi connectivity index (χ1v) is 5.09. The number of alkyl halides is 4. The average Bonchev–Trinajstić information content (AvgIpc) is 2.15. The number of hydrogen-bond donors (Lipinski definition) is 0. The maximum atomic E-state index is 13.2. The lowest BCUT2D eigenvalue weighted by atomic mass is 10.1. The first-order valence-electron chi connectivity index (χ1n) is 3.97. The first kappa shape index (κ1) is 12.2. The van der Waals surface area contributed by atoms with Crippen molar-refractivity contribution in [3.63, 3.8) is 0 Å². The largest absolute Gasteiger partial charge is 0.416 e. The molecule has 0 N–H and O–H groups in total. The molecule has 0 aliphatic rings. The normalized spacial score (nSPS) is 11.5. The molecular formula is C10H7BrF4. The molecule has 1 aromatic rings. The van der Waals surface area contributed by atoms with Crippen molar-refractivity contribution < 1.29 is 17.6 Å². The Labute approximate surface area is 92.7 Å². The van der Waals surface area contributed by atoms with E-state index in [1.165, 1.54) is 0 Å². The SMILES string of the molecule is C=C(CBr)c1ccc(C(F)(F)F)cc1F. The smallest absolute Gasteiger partial charge is 0.206 e. The van der Waals surface area contributed by atoms with Crippen LogP contribution in [0.25, 0.3) is 5.57 Å². The second-order valence-corrected chi connectivity index (χ2v) is 3.49. The Hall–Kier alpha value is -0.840. The number of rotatable bonds is 2. The summed E-state index contributed by atoms with van der Waals surface area (Å²) in [5, 5.41) is 0.315. The zero-order chi connectivity index (χ0) is 11.6. The van der Waals surface area contributed by atoms with Gasteiger partial charge in [0.1, 0.15) is 5.82 Å². The van der Waals surface area contributed by atoms with E-state index >= 15 is 0 Å². The minimum atomic E-state index is -4.52. The van der Waals surface area contributed by atoms with Gasteiger partial charge in [0.2, 0.25) is 0 Å². The van der Waals surface area contributed by atoms with Crippen LogP contribution in [-0.4, -0.2) is 5.33 Å². The van der Waals surface area contributed by atoms with Gasteiger partial charge >= 0.3 is 6.18 Å². The topological polar surface area (TPSA) is 0 Å². The summed E-state index contributed by atoms with van der Waals surface area (Å²) in [7, 11) is 0. The molecule has 5 heteroatoms. The van der Waals surface area contributed by atoms with E-state index in [0.717, 1.165) is 12.1 Å². The van der Waals surface area contributed by atoms with Gasteiger partial charge in [-0.2, -0.15) is 13.2 Å². The minimum Gasteiger partial charge on any atom is -0.206 e. The van der Waals surface area contributed by atoms with Crippen LogP contribution in [0.15, 0.2) is 24.8 Å². The zero-order valence-corrected chi connectivity index (χ0v) is 9.12. The second-order valence-electron chi connectivity index (χ2n) is 2.93. The van der Waals surface area contributed by atoms with Crippen molar-refractivity contribution in [2.45, 2.75) is 6.18 Å². The fourth-order valence-corrected chi connectivity index (χ4v) is 1.35. The van der Waals surface area contributed by atoms with Gasteiger partial charge in [-0.3, -0.25) is 0 Å². The maximum absolute atomic E-state index is 13.2. The van der Waals surface area contributed by atoms with E-state index < -0.39 is 17.6 Å². The van der Waals surface area contributed by atoms with Crippen LogP contribution >= 0.6 is 15.9 Å². The van der Waals surface area contributed by atoms with Crippen molar-refractivity contribution in [1.82, 2.24) is 0 Å². The fourth-order valence-electron chi connectivity index (χ4n) is 1.05. The summed E-state index contributed by atoms with van der Waals surface area (Å²) in [5.41, 5.74) is -0.493. The molecule has 0 spiro atoms. The number of halogens is 5. The van der Waals surface area contributed by atoms with Crippen LogP contribution in [0.2, 0.25) is 0 Å². The lowest BCUT2D eigenvalue weighted by Crippen LogP contribution is -2.06. The summed E-state index contributed by atoms with van der Waals surface area (Å²) >= 11 is 3.06. The third-order valence-corrected chi connectivity index (χ3v) is 2.52. The minimum absolute atomic E-state index is 0.0971. The molecule has 0 saturated carbocycles. The molecular weight excluding hydrogens is 276 g/mol. The second kappa shape index (κ2) is 4.35. The number of allylic oxidation sites excluding steroid dienone is 1. The lowest BCUT2D eigenvalue weighted by molar-refractivity contribution is -0.137. The first-order chi connectivity index (χ1) is 6.86. The van der Waals surface area contributed by atoms with Gasteiger partial charge in [-0.05, 0) is 17.7 Å². The summed E-state index contributed by atoms with van der Waals surface area (Å²) in [5.74, 6) is -0.908. The molecule has 15 heavy (non-hydrogen) atoms. The molecule has 0 radical (unpaired) electrons. The van der Waals surface area contributed by atoms with Crippen molar-refractivity contribution in [3.8, 4) is 0 Å². The van der Waals surface area contributed by atoms with Gasteiger partial charge in [0.15, 0.2) is 0 Å². The lowest BCUT2D eigenvalue weighted by Gasteiger charge is -2.09. The predicted molar refractivity (Wildman–Crippen MR) is 54.2 cm³/mol. The van der Waals surface area contributed by atoms with Crippen LogP contribution < -0.4 is 0 Å². The van der Waals surface area contributed by atoms with Crippen LogP contribution in [0.3, 0.4) is 0 Å². The molecule has 1 rings (SSSR count). The number of hydrogen-bond acceptors (Lipinski definition) is 0. The molecule has 0 amide bonds. The van der Waals surface area contributed by atoms with Crippen molar-refractivity contribution in [3.05, 3.63) is 41.7 Å². The Kier molecular flexibility index (Phi) is 3.54. The highest BCUT2D eigenvalue weighted by Crippen LogP contribution is 2.31. The van der Waals surface area contributed by atoms with Gasteiger partial charge in [-0.15, -0.1) is 0 Å². The van der Waals surface area contributed by atoms with E-state index in [0.29, 0.717) is 17.0 Å². The summed E-state index contributed by atoms with van der Waals surface area (Å²) < 4.78 is 49.8. The summed E-state index contributed by atoms with van der Waals surface area (Å²) in [6, 6.07) is 2.40. The Morgan fingerprint density at radius 3 is 2.33 bits per heavy atom. The highest BCUT2D eigenvalue weighted by molar-refractivity contribution is 9.09. The van der Waals surface area contributed by atoms with Crippen LogP contribution in [0.5, 0.6) is 0 Å². The van der Waals surface area contributed by atoms with E-state index in [2.05, 4.69) is 22.5 Å². The van der Waals surface area contributed by atoms with Crippen molar-refractivity contribution in [2.75, 3.05) is 5.33 Å². The van der Waals surface area contributed by atoms with Gasteiger partial charge in [0.25, 0.3) is 0 Å². The van der Waals surface area contributed by atoms with Crippen LogP contribution in [-0.2, 0) is 6.18 Å². The van der Waals surface area contributed by atoms with Gasteiger partial charge in [-0.25, -0.2) is 4.39 Å². The Bertz CT molecular complexity index is 381.